The van der Waals surface area contributed by atoms with Crippen molar-refractivity contribution in [1.29, 1.82) is 5.26 Å². The summed E-state index contributed by atoms with van der Waals surface area (Å²) in [7, 11) is 0. The van der Waals surface area contributed by atoms with Gasteiger partial charge in [0.1, 0.15) is 0 Å². The molecule has 0 radical (unpaired) electrons. The molecule has 1 atom stereocenters. The summed E-state index contributed by atoms with van der Waals surface area (Å²) in [5.74, 6) is 0. The van der Waals surface area contributed by atoms with Crippen molar-refractivity contribution < 1.29 is 0 Å². The zero-order valence-corrected chi connectivity index (χ0v) is 9.35. The molecule has 0 fully saturated rings. The molecule has 3 nitrogen and oxygen atoms in total. The number of hydrogen-bond donors (Lipinski definition) is 0. The summed E-state index contributed by atoms with van der Waals surface area (Å²) >= 11 is 0. The van der Waals surface area contributed by atoms with Gasteiger partial charge in [-0.1, -0.05) is 13.0 Å². The van der Waals surface area contributed by atoms with Crippen molar-refractivity contribution in [3.8, 4) is 6.07 Å². The van der Waals surface area contributed by atoms with E-state index in [2.05, 4.69) is 29.8 Å². The van der Waals surface area contributed by atoms with E-state index in [1.54, 1.807) is 6.20 Å². The molecule has 0 spiro atoms. The highest BCUT2D eigenvalue weighted by atomic mass is 15.1. The van der Waals surface area contributed by atoms with Gasteiger partial charge in [-0.05, 0) is 25.6 Å². The number of pyridine rings is 1. The van der Waals surface area contributed by atoms with Crippen LogP contribution in [0.4, 0.5) is 0 Å². The minimum Gasteiger partial charge on any atom is -0.294 e. The monoisotopic (exact) mass is 203 g/mol. The molecule has 0 aliphatic heterocycles. The first-order valence-electron chi connectivity index (χ1n) is 5.28. The van der Waals surface area contributed by atoms with Crippen molar-refractivity contribution in [2.75, 3.05) is 6.54 Å². The molecular formula is C12H17N3. The van der Waals surface area contributed by atoms with Crippen LogP contribution >= 0.6 is 0 Å². The summed E-state index contributed by atoms with van der Waals surface area (Å²) in [4.78, 5) is 6.54. The lowest BCUT2D eigenvalue weighted by molar-refractivity contribution is 0.211. The lowest BCUT2D eigenvalue weighted by atomic mass is 10.2. The fourth-order valence-electron chi connectivity index (χ4n) is 1.54. The van der Waals surface area contributed by atoms with Gasteiger partial charge in [-0.2, -0.15) is 5.26 Å². The molecule has 1 rings (SSSR count). The Kier molecular flexibility index (Phi) is 4.79. The molecule has 0 aliphatic rings. The van der Waals surface area contributed by atoms with Gasteiger partial charge in [-0.15, -0.1) is 0 Å². The highest BCUT2D eigenvalue weighted by molar-refractivity contribution is 5.03. The lowest BCUT2D eigenvalue weighted by Gasteiger charge is -2.25. The Morgan fingerprint density at radius 3 is 2.87 bits per heavy atom. The van der Waals surface area contributed by atoms with E-state index in [1.807, 2.05) is 18.2 Å². The second kappa shape index (κ2) is 6.15. The Morgan fingerprint density at radius 2 is 2.33 bits per heavy atom. The molecule has 80 valence electrons. The summed E-state index contributed by atoms with van der Waals surface area (Å²) < 4.78 is 0. The number of nitrogens with zero attached hydrogens (tertiary/aromatic N) is 3. The average Bonchev–Trinajstić information content (AvgIpc) is 2.27. The summed E-state index contributed by atoms with van der Waals surface area (Å²) in [6, 6.07) is 8.42. The third kappa shape index (κ3) is 3.69. The molecule has 0 N–H and O–H groups in total. The van der Waals surface area contributed by atoms with Gasteiger partial charge in [0.25, 0.3) is 0 Å². The maximum absolute atomic E-state index is 8.65. The van der Waals surface area contributed by atoms with E-state index in [1.165, 1.54) is 0 Å². The first-order chi connectivity index (χ1) is 7.27. The SMILES string of the molecule is CCN(Cc1ccccn1)C(C)CC#N. The van der Waals surface area contributed by atoms with Crippen LogP contribution in [0.15, 0.2) is 24.4 Å². The number of nitriles is 1. The van der Waals surface area contributed by atoms with Gasteiger partial charge in [0, 0.05) is 18.8 Å². The van der Waals surface area contributed by atoms with Crippen LogP contribution in [0.1, 0.15) is 26.0 Å². The maximum atomic E-state index is 8.65. The predicted octanol–water partition coefficient (Wildman–Crippen LogP) is 2.21. The van der Waals surface area contributed by atoms with Gasteiger partial charge in [0.15, 0.2) is 0 Å². The van der Waals surface area contributed by atoms with Crippen LogP contribution < -0.4 is 0 Å². The first-order valence-corrected chi connectivity index (χ1v) is 5.28. The lowest BCUT2D eigenvalue weighted by Crippen LogP contribution is -2.32. The molecule has 1 aromatic heterocycles. The van der Waals surface area contributed by atoms with Crippen LogP contribution in [0.2, 0.25) is 0 Å². The smallest absolute Gasteiger partial charge is 0.0638 e. The van der Waals surface area contributed by atoms with Crippen LogP contribution in [-0.2, 0) is 6.54 Å². The molecule has 1 heterocycles. The van der Waals surface area contributed by atoms with Gasteiger partial charge < -0.3 is 0 Å². The summed E-state index contributed by atoms with van der Waals surface area (Å²) in [6.45, 7) is 5.95. The average molecular weight is 203 g/mol. The third-order valence-corrected chi connectivity index (χ3v) is 2.51. The fourth-order valence-corrected chi connectivity index (χ4v) is 1.54. The van der Waals surface area contributed by atoms with Gasteiger partial charge in [0.2, 0.25) is 0 Å². The van der Waals surface area contributed by atoms with Crippen molar-refractivity contribution in [2.24, 2.45) is 0 Å². The molecule has 0 amide bonds. The van der Waals surface area contributed by atoms with E-state index in [4.69, 9.17) is 5.26 Å². The number of aromatic nitrogens is 1. The highest BCUT2D eigenvalue weighted by Crippen LogP contribution is 2.07. The Hall–Kier alpha value is -1.40. The molecular weight excluding hydrogens is 186 g/mol. The van der Waals surface area contributed by atoms with Crippen molar-refractivity contribution in [3.05, 3.63) is 30.1 Å². The molecule has 15 heavy (non-hydrogen) atoms. The maximum Gasteiger partial charge on any atom is 0.0638 e. The Morgan fingerprint density at radius 1 is 1.53 bits per heavy atom. The van der Waals surface area contributed by atoms with Crippen molar-refractivity contribution in [1.82, 2.24) is 9.88 Å². The highest BCUT2D eigenvalue weighted by Gasteiger charge is 2.11. The van der Waals surface area contributed by atoms with E-state index in [0.717, 1.165) is 18.8 Å². The largest absolute Gasteiger partial charge is 0.294 e. The van der Waals surface area contributed by atoms with Crippen LogP contribution in [0.25, 0.3) is 0 Å². The molecule has 1 aromatic rings. The van der Waals surface area contributed by atoms with Crippen molar-refractivity contribution in [2.45, 2.75) is 32.9 Å². The molecule has 0 saturated heterocycles. The van der Waals surface area contributed by atoms with Crippen LogP contribution in [0, 0.1) is 11.3 Å². The van der Waals surface area contributed by atoms with E-state index in [-0.39, 0.29) is 0 Å². The second-order valence-electron chi connectivity index (χ2n) is 3.60. The van der Waals surface area contributed by atoms with Gasteiger partial charge in [0.05, 0.1) is 18.2 Å². The van der Waals surface area contributed by atoms with Crippen LogP contribution in [-0.4, -0.2) is 22.5 Å². The third-order valence-electron chi connectivity index (χ3n) is 2.51. The normalized spacial score (nSPS) is 12.4. The topological polar surface area (TPSA) is 39.9 Å². The van der Waals surface area contributed by atoms with E-state index in [0.29, 0.717) is 12.5 Å². The molecule has 0 aliphatic carbocycles. The molecule has 0 bridgehead atoms. The summed E-state index contributed by atoms with van der Waals surface area (Å²) in [5.41, 5.74) is 1.06. The Balaban J connectivity index is 2.58. The fraction of sp³-hybridized carbons (Fsp3) is 0.500. The summed E-state index contributed by atoms with van der Waals surface area (Å²) in [6.07, 6.45) is 2.37. The standard InChI is InChI=1S/C12H17N3/c1-3-15(11(2)7-8-13)10-12-6-4-5-9-14-12/h4-6,9,11H,3,7,10H2,1-2H3. The van der Waals surface area contributed by atoms with Crippen LogP contribution in [0.3, 0.4) is 0 Å². The van der Waals surface area contributed by atoms with E-state index < -0.39 is 0 Å². The summed E-state index contributed by atoms with van der Waals surface area (Å²) in [5, 5.41) is 8.65. The first kappa shape index (κ1) is 11.7. The van der Waals surface area contributed by atoms with Crippen LogP contribution in [0.5, 0.6) is 0 Å². The van der Waals surface area contributed by atoms with Crippen molar-refractivity contribution >= 4 is 0 Å². The van der Waals surface area contributed by atoms with E-state index in [9.17, 15) is 0 Å². The Bertz CT molecular complexity index is 315. The molecule has 0 saturated carbocycles. The Labute approximate surface area is 91.4 Å². The molecule has 3 heteroatoms. The zero-order chi connectivity index (χ0) is 11.1. The minimum absolute atomic E-state index is 0.294. The van der Waals surface area contributed by atoms with Gasteiger partial charge >= 0.3 is 0 Å². The van der Waals surface area contributed by atoms with E-state index >= 15 is 0 Å². The number of hydrogen-bond acceptors (Lipinski definition) is 3. The zero-order valence-electron chi connectivity index (χ0n) is 9.35. The predicted molar refractivity (Wildman–Crippen MR) is 60.0 cm³/mol. The molecule has 1 unspecified atom stereocenters. The van der Waals surface area contributed by atoms with Crippen molar-refractivity contribution in [3.63, 3.8) is 0 Å². The second-order valence-corrected chi connectivity index (χ2v) is 3.60. The van der Waals surface area contributed by atoms with Gasteiger partial charge in [-0.3, -0.25) is 9.88 Å². The number of rotatable bonds is 5. The van der Waals surface area contributed by atoms with Gasteiger partial charge in [-0.25, -0.2) is 0 Å². The minimum atomic E-state index is 0.294. The quantitative estimate of drug-likeness (QED) is 0.736. The molecule has 0 aromatic carbocycles.